The van der Waals surface area contributed by atoms with Crippen molar-refractivity contribution in [1.82, 2.24) is 15.0 Å². The third kappa shape index (κ3) is 4.70. The van der Waals surface area contributed by atoms with Crippen LogP contribution in [0.4, 0.5) is 0 Å². The molecule has 4 heteroatoms. The van der Waals surface area contributed by atoms with Gasteiger partial charge in [-0.3, -0.25) is 0 Å². The second kappa shape index (κ2) is 11.4. The van der Waals surface area contributed by atoms with Crippen molar-refractivity contribution < 1.29 is 4.74 Å². The molecule has 2 aliphatic rings. The first-order chi connectivity index (χ1) is 24.3. The Morgan fingerprint density at radius 1 is 0.429 bits per heavy atom. The van der Waals surface area contributed by atoms with Gasteiger partial charge >= 0.3 is 0 Å². The molecule has 1 aromatic heterocycles. The lowest BCUT2D eigenvalue weighted by Gasteiger charge is -2.24. The van der Waals surface area contributed by atoms with Gasteiger partial charge < -0.3 is 4.74 Å². The van der Waals surface area contributed by atoms with Crippen molar-refractivity contribution in [3.05, 3.63) is 145 Å². The molecular formula is C45H33N3O. The average Bonchev–Trinajstić information content (AvgIpc) is 3.57. The minimum Gasteiger partial charge on any atom is -0.489 e. The van der Waals surface area contributed by atoms with Gasteiger partial charge in [-0.05, 0) is 68.8 Å². The minimum atomic E-state index is 0.249. The van der Waals surface area contributed by atoms with Crippen molar-refractivity contribution in [2.24, 2.45) is 0 Å². The van der Waals surface area contributed by atoms with E-state index in [2.05, 4.69) is 121 Å². The van der Waals surface area contributed by atoms with E-state index in [4.69, 9.17) is 19.7 Å². The van der Waals surface area contributed by atoms with E-state index in [1.807, 2.05) is 18.2 Å². The molecule has 7 aromatic carbocycles. The highest BCUT2D eigenvalue weighted by Gasteiger charge is 2.38. The van der Waals surface area contributed by atoms with Crippen LogP contribution in [0.3, 0.4) is 0 Å². The van der Waals surface area contributed by atoms with E-state index in [1.165, 1.54) is 56.3 Å². The Balaban J connectivity index is 1.08. The maximum atomic E-state index is 6.46. The van der Waals surface area contributed by atoms with Crippen LogP contribution in [0.2, 0.25) is 0 Å². The molecule has 8 aromatic rings. The van der Waals surface area contributed by atoms with Crippen molar-refractivity contribution >= 4 is 32.3 Å². The lowest BCUT2D eigenvalue weighted by Crippen LogP contribution is -2.22. The van der Waals surface area contributed by atoms with Crippen LogP contribution in [0.25, 0.3) is 77.6 Å². The third-order valence-electron chi connectivity index (χ3n) is 10.6. The standard InChI is InChI=1S/C45H33N3O/c1-2-11-30(12-3-1)43-46-44(48-45(47-43)39-17-9-19-41-42(39)38-14-6-7-18-40(38)49-41)31-22-20-29(21-23-31)33-15-8-16-34-35(33)26-27-36-32-13-5-4-10-28(32)24-25-37(34)36/h1-5,8-13,15-17,19-27,38,40H,6-7,14,18H2. The van der Waals surface area contributed by atoms with Gasteiger partial charge in [0.05, 0.1) is 0 Å². The average molecular weight is 632 g/mol. The SMILES string of the molecule is c1ccc(-c2nc(-c3ccc(-c4cccc5c4ccc4c6ccccc6ccc54)cc3)nc(-c3cccc4c3C3CCCCC3O4)n2)cc1. The van der Waals surface area contributed by atoms with E-state index >= 15 is 0 Å². The number of ether oxygens (including phenoxy) is 1. The van der Waals surface area contributed by atoms with Crippen LogP contribution in [0, 0.1) is 0 Å². The van der Waals surface area contributed by atoms with Crippen LogP contribution in [0.5, 0.6) is 5.75 Å². The Kier molecular flexibility index (Phi) is 6.54. The first-order valence-electron chi connectivity index (χ1n) is 17.3. The highest BCUT2D eigenvalue weighted by molar-refractivity contribution is 6.19. The summed E-state index contributed by atoms with van der Waals surface area (Å²) in [6.07, 6.45) is 4.94. The third-order valence-corrected chi connectivity index (χ3v) is 10.6. The van der Waals surface area contributed by atoms with E-state index in [9.17, 15) is 0 Å². The monoisotopic (exact) mass is 631 g/mol. The minimum absolute atomic E-state index is 0.249. The molecule has 0 bridgehead atoms. The molecule has 234 valence electrons. The summed E-state index contributed by atoms with van der Waals surface area (Å²) in [7, 11) is 0. The first-order valence-corrected chi connectivity index (χ1v) is 17.3. The molecule has 2 atom stereocenters. The molecule has 1 aliphatic heterocycles. The molecule has 0 amide bonds. The van der Waals surface area contributed by atoms with Gasteiger partial charge in [0.1, 0.15) is 11.9 Å². The van der Waals surface area contributed by atoms with Gasteiger partial charge in [-0.1, -0.05) is 140 Å². The quantitative estimate of drug-likeness (QED) is 0.181. The molecule has 0 saturated heterocycles. The summed E-state index contributed by atoms with van der Waals surface area (Å²) in [5.74, 6) is 3.42. The lowest BCUT2D eigenvalue weighted by atomic mass is 9.81. The van der Waals surface area contributed by atoms with E-state index in [0.717, 1.165) is 40.8 Å². The summed E-state index contributed by atoms with van der Waals surface area (Å²) in [5.41, 5.74) is 6.62. The van der Waals surface area contributed by atoms with E-state index < -0.39 is 0 Å². The van der Waals surface area contributed by atoms with Crippen molar-refractivity contribution in [2.75, 3.05) is 0 Å². The predicted molar refractivity (Wildman–Crippen MR) is 200 cm³/mol. The summed E-state index contributed by atoms with van der Waals surface area (Å²) in [6.45, 7) is 0. The Hall–Kier alpha value is -5.87. The van der Waals surface area contributed by atoms with E-state index in [1.54, 1.807) is 0 Å². The maximum Gasteiger partial charge on any atom is 0.164 e. The molecule has 2 unspecified atom stereocenters. The van der Waals surface area contributed by atoms with Gasteiger partial charge in [-0.15, -0.1) is 0 Å². The number of hydrogen-bond donors (Lipinski definition) is 0. The molecule has 2 heterocycles. The molecule has 0 radical (unpaired) electrons. The first kappa shape index (κ1) is 28.2. The molecule has 0 N–H and O–H groups in total. The van der Waals surface area contributed by atoms with Crippen LogP contribution >= 0.6 is 0 Å². The zero-order valence-electron chi connectivity index (χ0n) is 27.0. The predicted octanol–water partition coefficient (Wildman–Crippen LogP) is 11.4. The van der Waals surface area contributed by atoms with Gasteiger partial charge in [0, 0.05) is 28.2 Å². The summed E-state index contributed by atoms with van der Waals surface area (Å²) in [5, 5.41) is 7.62. The van der Waals surface area contributed by atoms with Crippen LogP contribution in [-0.2, 0) is 0 Å². The number of aromatic nitrogens is 3. The molecule has 10 rings (SSSR count). The largest absolute Gasteiger partial charge is 0.489 e. The summed E-state index contributed by atoms with van der Waals surface area (Å²) in [6, 6.07) is 49.5. The van der Waals surface area contributed by atoms with E-state index in [0.29, 0.717) is 23.4 Å². The van der Waals surface area contributed by atoms with Gasteiger partial charge in [-0.2, -0.15) is 0 Å². The second-order valence-electron chi connectivity index (χ2n) is 13.4. The van der Waals surface area contributed by atoms with Crippen LogP contribution in [-0.4, -0.2) is 21.1 Å². The van der Waals surface area contributed by atoms with Gasteiger partial charge in [0.15, 0.2) is 17.5 Å². The normalized spacial score (nSPS) is 16.8. The van der Waals surface area contributed by atoms with E-state index in [-0.39, 0.29) is 6.10 Å². The topological polar surface area (TPSA) is 47.9 Å². The molecule has 1 aliphatic carbocycles. The second-order valence-corrected chi connectivity index (χ2v) is 13.4. The fourth-order valence-corrected chi connectivity index (χ4v) is 8.20. The molecule has 1 fully saturated rings. The van der Waals surface area contributed by atoms with Crippen molar-refractivity contribution in [2.45, 2.75) is 37.7 Å². The zero-order chi connectivity index (χ0) is 32.3. The number of fused-ring (bicyclic) bond motifs is 8. The number of rotatable bonds is 4. The van der Waals surface area contributed by atoms with Crippen LogP contribution in [0.15, 0.2) is 140 Å². The number of benzene rings is 7. The maximum absolute atomic E-state index is 6.46. The zero-order valence-corrected chi connectivity index (χ0v) is 27.0. The van der Waals surface area contributed by atoms with Crippen LogP contribution < -0.4 is 4.74 Å². The highest BCUT2D eigenvalue weighted by Crippen LogP contribution is 2.49. The Morgan fingerprint density at radius 2 is 1.04 bits per heavy atom. The summed E-state index contributed by atoms with van der Waals surface area (Å²) >= 11 is 0. The molecular weight excluding hydrogens is 599 g/mol. The number of nitrogens with zero attached hydrogens (tertiary/aromatic N) is 3. The van der Waals surface area contributed by atoms with Crippen LogP contribution in [0.1, 0.15) is 37.2 Å². The summed E-state index contributed by atoms with van der Waals surface area (Å²) in [4.78, 5) is 15.3. The van der Waals surface area contributed by atoms with Gasteiger partial charge in [0.2, 0.25) is 0 Å². The molecule has 0 spiro atoms. The fourth-order valence-electron chi connectivity index (χ4n) is 8.20. The van der Waals surface area contributed by atoms with Crippen molar-refractivity contribution in [1.29, 1.82) is 0 Å². The number of hydrogen-bond acceptors (Lipinski definition) is 4. The van der Waals surface area contributed by atoms with Gasteiger partial charge in [0.25, 0.3) is 0 Å². The molecule has 4 nitrogen and oxygen atoms in total. The smallest absolute Gasteiger partial charge is 0.164 e. The van der Waals surface area contributed by atoms with Crippen molar-refractivity contribution in [3.63, 3.8) is 0 Å². The van der Waals surface area contributed by atoms with Crippen molar-refractivity contribution in [3.8, 4) is 51.0 Å². The highest BCUT2D eigenvalue weighted by atomic mass is 16.5. The Bertz CT molecular complexity index is 2540. The Labute approximate surface area is 285 Å². The molecule has 49 heavy (non-hydrogen) atoms. The van der Waals surface area contributed by atoms with Gasteiger partial charge in [-0.25, -0.2) is 15.0 Å². The summed E-state index contributed by atoms with van der Waals surface area (Å²) < 4.78 is 6.46. The lowest BCUT2D eigenvalue weighted by molar-refractivity contribution is 0.164. The molecule has 1 saturated carbocycles. The Morgan fingerprint density at radius 3 is 1.92 bits per heavy atom. The fraction of sp³-hybridized carbons (Fsp3) is 0.133.